The number of halogens is 1. The van der Waals surface area contributed by atoms with E-state index in [-0.39, 0.29) is 18.1 Å². The largest absolute Gasteiger partial charge is 0.383 e. The number of pyridine rings is 1. The molecule has 0 fully saturated rings. The summed E-state index contributed by atoms with van der Waals surface area (Å²) in [5.41, 5.74) is 9.84. The molecular weight excluding hydrogens is 426 g/mol. The average molecular weight is 450 g/mol. The van der Waals surface area contributed by atoms with Crippen molar-refractivity contribution in [2.24, 2.45) is 0 Å². The van der Waals surface area contributed by atoms with Crippen molar-refractivity contribution >= 4 is 34.4 Å². The van der Waals surface area contributed by atoms with Gasteiger partial charge in [-0.25, -0.2) is 19.6 Å². The van der Waals surface area contributed by atoms with Crippen molar-refractivity contribution in [2.45, 2.75) is 33.2 Å². The van der Waals surface area contributed by atoms with Gasteiger partial charge in [-0.15, -0.1) is 0 Å². The molecule has 3 heterocycles. The number of rotatable bonds is 5. The maximum Gasteiger partial charge on any atom is 0.271 e. The van der Waals surface area contributed by atoms with Crippen molar-refractivity contribution < 1.29 is 4.79 Å². The van der Waals surface area contributed by atoms with E-state index in [1.54, 1.807) is 16.8 Å². The van der Waals surface area contributed by atoms with Gasteiger partial charge in [-0.1, -0.05) is 41.4 Å². The van der Waals surface area contributed by atoms with Crippen molar-refractivity contribution in [1.29, 1.82) is 0 Å². The number of carbonyl (C=O) groups is 1. The molecule has 0 radical (unpaired) electrons. The second-order valence-electron chi connectivity index (χ2n) is 8.36. The standard InChI is InChI=1S/C23H24ClN7O/c1-13-5-8-15(9-6-13)18-17-20(25)27-12-28-21(17)31(30-18)23(3,4)11-26-22(32)19-16(24)10-7-14(2)29-19/h5-10,12H,11H2,1-4H3,(H,26,32)(H2,25,27,28). The lowest BCUT2D eigenvalue weighted by molar-refractivity contribution is 0.0931. The highest BCUT2D eigenvalue weighted by atomic mass is 35.5. The van der Waals surface area contributed by atoms with Gasteiger partial charge < -0.3 is 11.1 Å². The van der Waals surface area contributed by atoms with Gasteiger partial charge >= 0.3 is 0 Å². The Bertz CT molecular complexity index is 1310. The molecule has 4 rings (SSSR count). The second-order valence-corrected chi connectivity index (χ2v) is 8.77. The van der Waals surface area contributed by atoms with E-state index < -0.39 is 5.54 Å². The molecule has 1 aromatic carbocycles. The van der Waals surface area contributed by atoms with Crippen LogP contribution in [0, 0.1) is 13.8 Å². The van der Waals surface area contributed by atoms with Crippen LogP contribution in [0.15, 0.2) is 42.7 Å². The van der Waals surface area contributed by atoms with Crippen LogP contribution in [0.4, 0.5) is 5.82 Å². The maximum absolute atomic E-state index is 12.7. The topological polar surface area (TPSA) is 112 Å². The van der Waals surface area contributed by atoms with E-state index in [0.29, 0.717) is 33.3 Å². The second kappa shape index (κ2) is 8.20. The minimum absolute atomic E-state index is 0.194. The Labute approximate surface area is 190 Å². The number of anilines is 1. The van der Waals surface area contributed by atoms with Crippen LogP contribution in [-0.4, -0.2) is 37.2 Å². The Morgan fingerprint density at radius 2 is 1.84 bits per heavy atom. The summed E-state index contributed by atoms with van der Waals surface area (Å²) in [4.78, 5) is 25.6. The van der Waals surface area contributed by atoms with E-state index >= 15 is 0 Å². The number of fused-ring (bicyclic) bond motifs is 1. The van der Waals surface area contributed by atoms with E-state index in [2.05, 4.69) is 20.3 Å². The molecule has 164 valence electrons. The van der Waals surface area contributed by atoms with Gasteiger partial charge in [0.15, 0.2) is 5.65 Å². The SMILES string of the molecule is Cc1ccc(-c2nn(C(C)(C)CNC(=O)c3nc(C)ccc3Cl)c3ncnc(N)c23)cc1. The zero-order chi connectivity index (χ0) is 23.0. The molecule has 0 atom stereocenters. The van der Waals surface area contributed by atoms with Crippen LogP contribution < -0.4 is 11.1 Å². The minimum Gasteiger partial charge on any atom is -0.383 e. The summed E-state index contributed by atoms with van der Waals surface area (Å²) in [5.74, 6) is 0.00328. The van der Waals surface area contributed by atoms with E-state index in [0.717, 1.165) is 11.1 Å². The number of nitrogens with zero attached hydrogens (tertiary/aromatic N) is 5. The fourth-order valence-electron chi connectivity index (χ4n) is 3.46. The molecule has 0 saturated heterocycles. The fraction of sp³-hybridized carbons (Fsp3) is 0.261. The zero-order valence-electron chi connectivity index (χ0n) is 18.3. The van der Waals surface area contributed by atoms with Gasteiger partial charge in [-0.3, -0.25) is 4.79 Å². The molecule has 0 spiro atoms. The monoisotopic (exact) mass is 449 g/mol. The highest BCUT2D eigenvalue weighted by Gasteiger charge is 2.29. The highest BCUT2D eigenvalue weighted by molar-refractivity contribution is 6.33. The number of benzene rings is 1. The number of nitrogens with two attached hydrogens (primary N) is 1. The Morgan fingerprint density at radius 1 is 1.12 bits per heavy atom. The van der Waals surface area contributed by atoms with Gasteiger partial charge in [0.2, 0.25) is 0 Å². The predicted molar refractivity (Wildman–Crippen MR) is 126 cm³/mol. The van der Waals surface area contributed by atoms with Crippen LogP contribution in [0.5, 0.6) is 0 Å². The van der Waals surface area contributed by atoms with Crippen LogP contribution in [0.25, 0.3) is 22.3 Å². The molecule has 0 aliphatic heterocycles. The average Bonchev–Trinajstić information content (AvgIpc) is 3.16. The van der Waals surface area contributed by atoms with Crippen molar-refractivity contribution in [3.63, 3.8) is 0 Å². The maximum atomic E-state index is 12.7. The first-order valence-corrected chi connectivity index (χ1v) is 10.5. The molecule has 0 aliphatic carbocycles. The van der Waals surface area contributed by atoms with Crippen molar-refractivity contribution in [2.75, 3.05) is 12.3 Å². The number of nitrogens with one attached hydrogen (secondary N) is 1. The number of hydrogen-bond acceptors (Lipinski definition) is 6. The highest BCUT2D eigenvalue weighted by Crippen LogP contribution is 2.33. The van der Waals surface area contributed by atoms with Crippen molar-refractivity contribution in [3.05, 3.63) is 64.7 Å². The lowest BCUT2D eigenvalue weighted by atomic mass is 10.1. The van der Waals surface area contributed by atoms with Crippen LogP contribution >= 0.6 is 11.6 Å². The van der Waals surface area contributed by atoms with E-state index in [9.17, 15) is 4.79 Å². The number of amides is 1. The Hall–Kier alpha value is -3.52. The minimum atomic E-state index is -0.631. The summed E-state index contributed by atoms with van der Waals surface area (Å²) in [6, 6.07) is 11.4. The molecule has 0 unspecified atom stereocenters. The van der Waals surface area contributed by atoms with Crippen LogP contribution in [0.3, 0.4) is 0 Å². The summed E-state index contributed by atoms with van der Waals surface area (Å²) < 4.78 is 1.78. The molecular formula is C23H24ClN7O. The van der Waals surface area contributed by atoms with Gasteiger partial charge in [0.1, 0.15) is 23.5 Å². The lowest BCUT2D eigenvalue weighted by Gasteiger charge is -2.26. The van der Waals surface area contributed by atoms with E-state index in [1.807, 2.05) is 52.0 Å². The van der Waals surface area contributed by atoms with E-state index in [4.69, 9.17) is 22.4 Å². The quantitative estimate of drug-likeness (QED) is 0.477. The molecule has 32 heavy (non-hydrogen) atoms. The van der Waals surface area contributed by atoms with Crippen LogP contribution in [0.1, 0.15) is 35.6 Å². The third kappa shape index (κ3) is 4.01. The number of aryl methyl sites for hydroxylation is 2. The van der Waals surface area contributed by atoms with Crippen molar-refractivity contribution in [3.8, 4) is 11.3 Å². The molecule has 1 amide bonds. The molecule has 8 nitrogen and oxygen atoms in total. The first kappa shape index (κ1) is 21.7. The van der Waals surface area contributed by atoms with Crippen LogP contribution in [-0.2, 0) is 5.54 Å². The van der Waals surface area contributed by atoms with Gasteiger partial charge in [0.05, 0.1) is 15.9 Å². The number of nitrogen functional groups attached to an aromatic ring is 1. The molecule has 0 saturated carbocycles. The Balaban J connectivity index is 1.70. The molecule has 9 heteroatoms. The molecule has 0 bridgehead atoms. The molecule has 3 N–H and O–H groups in total. The summed E-state index contributed by atoms with van der Waals surface area (Å²) in [6.45, 7) is 8.03. The molecule has 4 aromatic rings. The number of aromatic nitrogens is 5. The summed E-state index contributed by atoms with van der Waals surface area (Å²) in [6.07, 6.45) is 1.42. The third-order valence-corrected chi connectivity index (χ3v) is 5.58. The Morgan fingerprint density at radius 3 is 2.56 bits per heavy atom. The normalized spacial score (nSPS) is 11.7. The van der Waals surface area contributed by atoms with Crippen molar-refractivity contribution in [1.82, 2.24) is 30.0 Å². The fourth-order valence-corrected chi connectivity index (χ4v) is 3.66. The zero-order valence-corrected chi connectivity index (χ0v) is 19.1. The number of carbonyl (C=O) groups excluding carboxylic acids is 1. The first-order valence-electron chi connectivity index (χ1n) is 10.2. The molecule has 0 aliphatic rings. The predicted octanol–water partition coefficient (Wildman–Crippen LogP) is 3.91. The summed E-state index contributed by atoms with van der Waals surface area (Å²) in [5, 5.41) is 8.75. The summed E-state index contributed by atoms with van der Waals surface area (Å²) in [7, 11) is 0. The van der Waals surface area contributed by atoms with Gasteiger partial charge in [-0.2, -0.15) is 5.10 Å². The van der Waals surface area contributed by atoms with E-state index in [1.165, 1.54) is 6.33 Å². The number of hydrogen-bond donors (Lipinski definition) is 2. The smallest absolute Gasteiger partial charge is 0.271 e. The molecule has 3 aromatic heterocycles. The van der Waals surface area contributed by atoms with Gasteiger partial charge in [0, 0.05) is 17.8 Å². The lowest BCUT2D eigenvalue weighted by Crippen LogP contribution is -2.41. The Kier molecular flexibility index (Phi) is 5.56. The van der Waals surface area contributed by atoms with Gasteiger partial charge in [0.25, 0.3) is 5.91 Å². The van der Waals surface area contributed by atoms with Crippen LogP contribution in [0.2, 0.25) is 5.02 Å². The third-order valence-electron chi connectivity index (χ3n) is 5.27. The summed E-state index contributed by atoms with van der Waals surface area (Å²) >= 11 is 6.16. The first-order chi connectivity index (χ1) is 15.2. The van der Waals surface area contributed by atoms with Gasteiger partial charge in [-0.05, 0) is 39.8 Å².